The second-order valence-corrected chi connectivity index (χ2v) is 3.82. The molecule has 2 aliphatic heterocycles. The maximum Gasteiger partial charge on any atom is 0.0484 e. The number of anilines is 1. The van der Waals surface area contributed by atoms with Gasteiger partial charge in [0, 0.05) is 17.9 Å². The van der Waals surface area contributed by atoms with E-state index >= 15 is 0 Å². The van der Waals surface area contributed by atoms with Crippen LogP contribution >= 0.6 is 0 Å². The van der Waals surface area contributed by atoms with Gasteiger partial charge in [-0.15, -0.1) is 0 Å². The van der Waals surface area contributed by atoms with Crippen LogP contribution in [0.25, 0.3) is 6.08 Å². The van der Waals surface area contributed by atoms with Crippen LogP contribution < -0.4 is 4.90 Å². The second kappa shape index (κ2) is 3.02. The molecule has 1 aromatic carbocycles. The Balaban J connectivity index is 2.15. The summed E-state index contributed by atoms with van der Waals surface area (Å²) in [5.74, 6) is 0. The quantitative estimate of drug-likeness (QED) is 0.597. The Morgan fingerprint density at radius 1 is 1.07 bits per heavy atom. The highest BCUT2D eigenvalue weighted by Gasteiger charge is 2.18. The van der Waals surface area contributed by atoms with Crippen molar-refractivity contribution in [1.29, 1.82) is 0 Å². The molecule has 0 bridgehead atoms. The summed E-state index contributed by atoms with van der Waals surface area (Å²) >= 11 is 0. The summed E-state index contributed by atoms with van der Waals surface area (Å²) in [4.78, 5) is 2.42. The third-order valence-corrected chi connectivity index (χ3v) is 2.91. The van der Waals surface area contributed by atoms with Gasteiger partial charge < -0.3 is 4.90 Å². The van der Waals surface area contributed by atoms with Gasteiger partial charge in [0.25, 0.3) is 0 Å². The number of nitrogens with zero attached hydrogens (tertiary/aromatic N) is 1. The van der Waals surface area contributed by atoms with Gasteiger partial charge in [-0.05, 0) is 30.5 Å². The van der Waals surface area contributed by atoms with Gasteiger partial charge in [0.1, 0.15) is 0 Å². The second-order valence-electron chi connectivity index (χ2n) is 3.82. The van der Waals surface area contributed by atoms with Gasteiger partial charge in [0.15, 0.2) is 0 Å². The Morgan fingerprint density at radius 2 is 2.00 bits per heavy atom. The maximum atomic E-state index is 2.42. The lowest BCUT2D eigenvalue weighted by Crippen LogP contribution is -2.27. The van der Waals surface area contributed by atoms with Crippen molar-refractivity contribution in [1.82, 2.24) is 0 Å². The predicted molar refractivity (Wildman–Crippen MR) is 60.1 cm³/mol. The van der Waals surface area contributed by atoms with Gasteiger partial charge >= 0.3 is 0 Å². The summed E-state index contributed by atoms with van der Waals surface area (Å²) in [7, 11) is 0. The highest BCUT2D eigenvalue weighted by molar-refractivity contribution is 5.76. The zero-order chi connectivity index (χ0) is 9.38. The summed E-state index contributed by atoms with van der Waals surface area (Å²) in [6.07, 6.45) is 9.25. The largest absolute Gasteiger partial charge is 0.341 e. The maximum absolute atomic E-state index is 2.42. The average molecular weight is 183 g/mol. The average Bonchev–Trinajstić information content (AvgIpc) is 2.29. The first kappa shape index (κ1) is 7.86. The lowest BCUT2D eigenvalue weighted by molar-refractivity contribution is 0.764. The van der Waals surface area contributed by atoms with Crippen LogP contribution in [0.1, 0.15) is 18.4 Å². The smallest absolute Gasteiger partial charge is 0.0484 e. The van der Waals surface area contributed by atoms with Gasteiger partial charge in [-0.3, -0.25) is 0 Å². The molecule has 0 saturated heterocycles. The van der Waals surface area contributed by atoms with E-state index in [9.17, 15) is 0 Å². The molecule has 0 amide bonds. The molecule has 1 aromatic rings. The van der Waals surface area contributed by atoms with Gasteiger partial charge in [-0.2, -0.15) is 0 Å². The minimum absolute atomic E-state index is 1.16. The minimum atomic E-state index is 1.16. The summed E-state index contributed by atoms with van der Waals surface area (Å²) in [6, 6.07) is 8.60. The van der Waals surface area contributed by atoms with E-state index < -0.39 is 0 Å². The summed E-state index contributed by atoms with van der Waals surface area (Å²) < 4.78 is 0. The van der Waals surface area contributed by atoms with Crippen molar-refractivity contribution in [2.75, 3.05) is 11.4 Å². The normalized spacial score (nSPS) is 18.6. The molecule has 0 radical (unpaired) electrons. The van der Waals surface area contributed by atoms with Gasteiger partial charge in [-0.1, -0.05) is 30.4 Å². The molecular formula is C13H13N. The molecule has 0 fully saturated rings. The number of fused-ring (bicyclic) bond motifs is 3. The first-order valence-corrected chi connectivity index (χ1v) is 5.20. The Labute approximate surface area is 84.4 Å². The van der Waals surface area contributed by atoms with E-state index in [4.69, 9.17) is 0 Å². The van der Waals surface area contributed by atoms with Crippen LogP contribution in [0.15, 0.2) is 42.1 Å². The van der Waals surface area contributed by atoms with Crippen LogP contribution in [-0.2, 0) is 0 Å². The van der Waals surface area contributed by atoms with Gasteiger partial charge in [-0.25, -0.2) is 0 Å². The number of rotatable bonds is 0. The number of allylic oxidation sites excluding steroid dienone is 2. The topological polar surface area (TPSA) is 3.24 Å². The monoisotopic (exact) mass is 183 g/mol. The Hall–Kier alpha value is -1.50. The molecule has 0 spiro atoms. The van der Waals surface area contributed by atoms with Crippen molar-refractivity contribution in [3.8, 4) is 0 Å². The van der Waals surface area contributed by atoms with Crippen molar-refractivity contribution in [2.45, 2.75) is 12.8 Å². The number of hydrogen-bond donors (Lipinski definition) is 0. The fourth-order valence-corrected chi connectivity index (χ4v) is 2.21. The van der Waals surface area contributed by atoms with E-state index in [0.29, 0.717) is 0 Å². The Bertz CT molecular complexity index is 415. The molecule has 0 atom stereocenters. The number of hydrogen-bond acceptors (Lipinski definition) is 1. The molecule has 0 unspecified atom stereocenters. The zero-order valence-corrected chi connectivity index (χ0v) is 8.11. The molecule has 0 N–H and O–H groups in total. The van der Waals surface area contributed by atoms with E-state index in [0.717, 1.165) is 6.54 Å². The molecule has 70 valence electrons. The fraction of sp³-hybridized carbons (Fsp3) is 0.231. The van der Waals surface area contributed by atoms with Gasteiger partial charge in [0.2, 0.25) is 0 Å². The number of para-hydroxylation sites is 1. The molecular weight excluding hydrogens is 170 g/mol. The van der Waals surface area contributed by atoms with Crippen LogP contribution in [0.2, 0.25) is 0 Å². The van der Waals surface area contributed by atoms with Crippen molar-refractivity contribution >= 4 is 11.8 Å². The SMILES string of the molecule is C1=Cc2ccccc2N2CCCC=C12. The Morgan fingerprint density at radius 3 is 3.00 bits per heavy atom. The molecule has 14 heavy (non-hydrogen) atoms. The minimum Gasteiger partial charge on any atom is -0.341 e. The van der Waals surface area contributed by atoms with Crippen molar-refractivity contribution < 1.29 is 0 Å². The first-order chi connectivity index (χ1) is 6.95. The third kappa shape index (κ3) is 1.09. The van der Waals surface area contributed by atoms with E-state index in [2.05, 4.69) is 47.4 Å². The van der Waals surface area contributed by atoms with Gasteiger partial charge in [0.05, 0.1) is 0 Å². The van der Waals surface area contributed by atoms with E-state index in [1.54, 1.807) is 0 Å². The Kier molecular flexibility index (Phi) is 1.69. The molecule has 2 aliphatic rings. The molecule has 0 aliphatic carbocycles. The van der Waals surface area contributed by atoms with E-state index in [1.165, 1.54) is 29.8 Å². The van der Waals surface area contributed by atoms with Crippen molar-refractivity contribution in [2.24, 2.45) is 0 Å². The standard InChI is InChI=1S/C13H13N/c1-2-7-13-11(5-1)8-9-12-6-3-4-10-14(12)13/h1-2,5-9H,3-4,10H2. The van der Waals surface area contributed by atoms with E-state index in [-0.39, 0.29) is 0 Å². The summed E-state index contributed by atoms with van der Waals surface area (Å²) in [5.41, 5.74) is 4.07. The highest BCUT2D eigenvalue weighted by atomic mass is 15.1. The van der Waals surface area contributed by atoms with E-state index in [1.807, 2.05) is 0 Å². The molecule has 2 heterocycles. The number of benzene rings is 1. The lowest BCUT2D eigenvalue weighted by Gasteiger charge is -2.33. The molecule has 1 heteroatoms. The first-order valence-electron chi connectivity index (χ1n) is 5.20. The van der Waals surface area contributed by atoms with Crippen LogP contribution in [0.3, 0.4) is 0 Å². The van der Waals surface area contributed by atoms with Crippen molar-refractivity contribution in [3.05, 3.63) is 47.7 Å². The summed E-state index contributed by atoms with van der Waals surface area (Å²) in [6.45, 7) is 1.16. The van der Waals surface area contributed by atoms with Crippen LogP contribution in [0.4, 0.5) is 5.69 Å². The third-order valence-electron chi connectivity index (χ3n) is 2.91. The van der Waals surface area contributed by atoms with Crippen molar-refractivity contribution in [3.63, 3.8) is 0 Å². The van der Waals surface area contributed by atoms with Crippen LogP contribution in [0.5, 0.6) is 0 Å². The fourth-order valence-electron chi connectivity index (χ4n) is 2.21. The zero-order valence-electron chi connectivity index (χ0n) is 8.11. The molecule has 0 saturated carbocycles. The molecule has 0 aromatic heterocycles. The summed E-state index contributed by atoms with van der Waals surface area (Å²) in [5, 5.41) is 0. The predicted octanol–water partition coefficient (Wildman–Crippen LogP) is 3.20. The molecule has 3 rings (SSSR count). The lowest BCUT2D eigenvalue weighted by atomic mass is 10.0. The molecule has 1 nitrogen and oxygen atoms in total. The van der Waals surface area contributed by atoms with Crippen LogP contribution in [0, 0.1) is 0 Å². The van der Waals surface area contributed by atoms with Crippen LogP contribution in [-0.4, -0.2) is 6.54 Å². The highest BCUT2D eigenvalue weighted by Crippen LogP contribution is 2.32.